The van der Waals surface area contributed by atoms with E-state index in [-0.39, 0.29) is 42.1 Å². The number of rotatable bonds is 7. The van der Waals surface area contributed by atoms with Gasteiger partial charge in [0.05, 0.1) is 24.2 Å². The number of fused-ring (bicyclic) bond motifs is 1. The van der Waals surface area contributed by atoms with Crippen molar-refractivity contribution in [1.82, 2.24) is 29.7 Å². The van der Waals surface area contributed by atoms with Crippen molar-refractivity contribution in [1.29, 1.82) is 0 Å². The summed E-state index contributed by atoms with van der Waals surface area (Å²) in [5, 5.41) is 6.48. The number of carbonyl (C=O) groups excluding carboxylic acids is 2. The van der Waals surface area contributed by atoms with Crippen molar-refractivity contribution >= 4 is 34.6 Å². The number of aromatic nitrogens is 4. The van der Waals surface area contributed by atoms with E-state index in [0.29, 0.717) is 80.7 Å². The monoisotopic (exact) mass is 554 g/mol. The second-order valence-corrected chi connectivity index (χ2v) is 10.6. The largest absolute Gasteiger partial charge is 0.378 e. The van der Waals surface area contributed by atoms with E-state index in [1.165, 1.54) is 4.57 Å². The van der Waals surface area contributed by atoms with Crippen LogP contribution in [-0.4, -0.2) is 88.2 Å². The van der Waals surface area contributed by atoms with Crippen molar-refractivity contribution in [2.45, 2.75) is 44.2 Å². The number of nitrogens with zero attached hydrogens (tertiary/aromatic N) is 6. The van der Waals surface area contributed by atoms with Crippen molar-refractivity contribution in [3.63, 3.8) is 0 Å². The number of anilines is 2. The molecular formula is C27H32F2N8O3. The Balaban J connectivity index is 1.21. The van der Waals surface area contributed by atoms with Crippen LogP contribution in [0.15, 0.2) is 30.3 Å². The van der Waals surface area contributed by atoms with Gasteiger partial charge in [0.1, 0.15) is 11.6 Å². The van der Waals surface area contributed by atoms with Gasteiger partial charge in [-0.05, 0) is 31.4 Å². The molecule has 2 aromatic heterocycles. The molecule has 212 valence electrons. The molecule has 1 aromatic carbocycles. The number of piperidine rings is 1. The maximum atomic E-state index is 14.1. The average Bonchev–Trinajstić information content (AvgIpc) is 3.34. The first kappa shape index (κ1) is 26.4. The molecule has 40 heavy (non-hydrogen) atoms. The van der Waals surface area contributed by atoms with Crippen molar-refractivity contribution in [3.8, 4) is 5.82 Å². The molecule has 2 amide bonds. The Kier molecular flexibility index (Phi) is 7.22. The van der Waals surface area contributed by atoms with Crippen molar-refractivity contribution in [2.75, 3.05) is 50.1 Å². The molecule has 11 nitrogen and oxygen atoms in total. The van der Waals surface area contributed by atoms with Gasteiger partial charge in [-0.3, -0.25) is 14.2 Å². The highest BCUT2D eigenvalue weighted by atomic mass is 19.3. The minimum Gasteiger partial charge on any atom is -0.378 e. The molecule has 3 aliphatic rings. The zero-order chi connectivity index (χ0) is 27.8. The van der Waals surface area contributed by atoms with E-state index in [2.05, 4.69) is 20.6 Å². The third-order valence-electron chi connectivity index (χ3n) is 7.87. The topological polar surface area (TPSA) is 118 Å². The number of likely N-dealkylation sites (tertiary alicyclic amines) is 1. The van der Waals surface area contributed by atoms with Crippen LogP contribution >= 0.6 is 0 Å². The van der Waals surface area contributed by atoms with Crippen LogP contribution in [0.5, 0.6) is 0 Å². The fourth-order valence-electron chi connectivity index (χ4n) is 5.50. The molecule has 6 rings (SSSR count). The number of hydrogen-bond acceptors (Lipinski definition) is 8. The fraction of sp³-hybridized carbons (Fsp3) is 0.519. The van der Waals surface area contributed by atoms with Gasteiger partial charge in [0.2, 0.25) is 17.8 Å². The Morgan fingerprint density at radius 3 is 2.60 bits per heavy atom. The number of ether oxygens (including phenoxy) is 1. The minimum absolute atomic E-state index is 0.00260. The highest BCUT2D eigenvalue weighted by Gasteiger charge is 2.35. The minimum atomic E-state index is -2.79. The zero-order valence-corrected chi connectivity index (χ0v) is 22.2. The third-order valence-corrected chi connectivity index (χ3v) is 7.87. The SMILES string of the molecule is CN1CCC(C(=O)NC2CC(Nc3cc(-n4c(C(F)F)nc5ccccc54)nc(N4CCOCC4)n3)C2)CC1=O. The summed E-state index contributed by atoms with van der Waals surface area (Å²) in [5.41, 5.74) is 0.997. The van der Waals surface area contributed by atoms with Gasteiger partial charge < -0.3 is 25.2 Å². The molecule has 4 heterocycles. The fourth-order valence-corrected chi connectivity index (χ4v) is 5.50. The van der Waals surface area contributed by atoms with Gasteiger partial charge in [-0.1, -0.05) is 12.1 Å². The number of benzene rings is 1. The van der Waals surface area contributed by atoms with E-state index in [0.717, 1.165) is 0 Å². The Morgan fingerprint density at radius 1 is 1.07 bits per heavy atom. The molecule has 1 atom stereocenters. The number of alkyl halides is 2. The Hall–Kier alpha value is -3.87. The second kappa shape index (κ2) is 11.0. The lowest BCUT2D eigenvalue weighted by Gasteiger charge is -2.38. The van der Waals surface area contributed by atoms with E-state index in [9.17, 15) is 18.4 Å². The summed E-state index contributed by atoms with van der Waals surface area (Å²) >= 11 is 0. The van der Waals surface area contributed by atoms with Crippen LogP contribution in [0.25, 0.3) is 16.9 Å². The van der Waals surface area contributed by atoms with Crippen LogP contribution in [0, 0.1) is 5.92 Å². The van der Waals surface area contributed by atoms with Gasteiger partial charge >= 0.3 is 0 Å². The van der Waals surface area contributed by atoms with Gasteiger partial charge in [0.15, 0.2) is 5.82 Å². The normalized spacial score (nSPS) is 23.4. The van der Waals surface area contributed by atoms with E-state index in [4.69, 9.17) is 9.72 Å². The molecule has 0 spiro atoms. The summed E-state index contributed by atoms with van der Waals surface area (Å²) in [4.78, 5) is 41.9. The lowest BCUT2D eigenvalue weighted by Crippen LogP contribution is -2.52. The molecule has 1 saturated carbocycles. The molecule has 2 N–H and O–H groups in total. The van der Waals surface area contributed by atoms with Gasteiger partial charge in [0, 0.05) is 57.2 Å². The smallest absolute Gasteiger partial charge is 0.296 e. The number of morpholine rings is 1. The molecule has 3 fully saturated rings. The van der Waals surface area contributed by atoms with Gasteiger partial charge in [-0.15, -0.1) is 0 Å². The average molecular weight is 555 g/mol. The predicted octanol–water partition coefficient (Wildman–Crippen LogP) is 2.52. The standard InChI is InChI=1S/C27H32F2N8O3/c1-35-7-6-16(12-23(35)38)26(39)31-18-13-17(14-18)30-21-15-22(34-27(33-21)36-8-10-40-11-9-36)37-20-5-3-2-4-19(20)32-25(37)24(28)29/h2-5,15-18,24H,6-14H2,1H3,(H,31,39)(H,30,33,34). The van der Waals surface area contributed by atoms with Crippen LogP contribution in [0.3, 0.4) is 0 Å². The molecule has 2 aliphatic heterocycles. The lowest BCUT2D eigenvalue weighted by atomic mass is 9.85. The summed E-state index contributed by atoms with van der Waals surface area (Å²) in [7, 11) is 1.76. The first-order valence-electron chi connectivity index (χ1n) is 13.6. The van der Waals surface area contributed by atoms with Crippen LogP contribution in [-0.2, 0) is 14.3 Å². The summed E-state index contributed by atoms with van der Waals surface area (Å²) in [5.74, 6) is 0.505. The number of hydrogen-bond donors (Lipinski definition) is 2. The molecule has 0 bridgehead atoms. The van der Waals surface area contributed by atoms with Crippen molar-refractivity contribution < 1.29 is 23.1 Å². The van der Waals surface area contributed by atoms with Gasteiger partial charge in [-0.25, -0.2) is 13.8 Å². The number of nitrogens with one attached hydrogen (secondary N) is 2. The summed E-state index contributed by atoms with van der Waals surface area (Å²) in [6, 6.07) is 8.70. The lowest BCUT2D eigenvalue weighted by molar-refractivity contribution is -0.139. The van der Waals surface area contributed by atoms with E-state index in [1.54, 1.807) is 42.3 Å². The first-order valence-corrected chi connectivity index (χ1v) is 13.6. The molecule has 2 saturated heterocycles. The zero-order valence-electron chi connectivity index (χ0n) is 22.2. The molecule has 3 aromatic rings. The van der Waals surface area contributed by atoms with Crippen molar-refractivity contribution in [2.24, 2.45) is 5.92 Å². The third kappa shape index (κ3) is 5.29. The molecule has 1 unspecified atom stereocenters. The molecular weight excluding hydrogens is 522 g/mol. The Bertz CT molecular complexity index is 1400. The van der Waals surface area contributed by atoms with E-state index < -0.39 is 6.43 Å². The van der Waals surface area contributed by atoms with Crippen LogP contribution in [0.2, 0.25) is 0 Å². The number of carbonyl (C=O) groups is 2. The maximum Gasteiger partial charge on any atom is 0.296 e. The second-order valence-electron chi connectivity index (χ2n) is 10.6. The molecule has 0 radical (unpaired) electrons. The van der Waals surface area contributed by atoms with Crippen LogP contribution in [0.1, 0.15) is 37.9 Å². The Labute approximate surface area is 229 Å². The molecule has 1 aliphatic carbocycles. The molecule has 13 heteroatoms. The predicted molar refractivity (Wildman–Crippen MR) is 144 cm³/mol. The van der Waals surface area contributed by atoms with E-state index >= 15 is 0 Å². The summed E-state index contributed by atoms with van der Waals surface area (Å²) < 4.78 is 35.0. The van der Waals surface area contributed by atoms with Crippen LogP contribution in [0.4, 0.5) is 20.5 Å². The number of halogens is 2. The highest BCUT2D eigenvalue weighted by molar-refractivity contribution is 5.87. The van der Waals surface area contributed by atoms with Gasteiger partial charge in [-0.2, -0.15) is 9.97 Å². The number of imidazole rings is 1. The van der Waals surface area contributed by atoms with Crippen LogP contribution < -0.4 is 15.5 Å². The maximum absolute atomic E-state index is 14.1. The van der Waals surface area contributed by atoms with Gasteiger partial charge in [0.25, 0.3) is 6.43 Å². The number of amides is 2. The summed E-state index contributed by atoms with van der Waals surface area (Å²) in [6.07, 6.45) is -0.501. The first-order chi connectivity index (χ1) is 19.4. The quantitative estimate of drug-likeness (QED) is 0.458. The highest BCUT2D eigenvalue weighted by Crippen LogP contribution is 2.31. The number of para-hydroxylation sites is 2. The van der Waals surface area contributed by atoms with E-state index in [1.807, 2.05) is 4.90 Å². The van der Waals surface area contributed by atoms with Crippen molar-refractivity contribution in [3.05, 3.63) is 36.2 Å². The summed E-state index contributed by atoms with van der Waals surface area (Å²) in [6.45, 7) is 2.82. The Morgan fingerprint density at radius 2 is 1.85 bits per heavy atom.